The van der Waals surface area contributed by atoms with Crippen LogP contribution in [0.15, 0.2) is 28.7 Å². The molecular weight excluding hydrogens is 264 g/mol. The molecule has 1 heterocycles. The number of para-hydroxylation sites is 1. The summed E-state index contributed by atoms with van der Waals surface area (Å²) in [6.07, 6.45) is 2.61. The van der Waals surface area contributed by atoms with Gasteiger partial charge >= 0.3 is 0 Å². The maximum atomic E-state index is 6.02. The Morgan fingerprint density at radius 3 is 2.86 bits per heavy atom. The minimum Gasteiger partial charge on any atom is -0.459 e. The van der Waals surface area contributed by atoms with Crippen LogP contribution in [0.25, 0.3) is 11.0 Å². The van der Waals surface area contributed by atoms with E-state index in [4.69, 9.17) is 9.15 Å². The molecule has 0 aliphatic heterocycles. The van der Waals surface area contributed by atoms with Crippen LogP contribution in [-0.4, -0.2) is 38.3 Å². The van der Waals surface area contributed by atoms with Gasteiger partial charge in [-0.25, -0.2) is 0 Å². The molecule has 1 aliphatic carbocycles. The summed E-state index contributed by atoms with van der Waals surface area (Å²) in [5.74, 6) is 1.06. The lowest BCUT2D eigenvalue weighted by Gasteiger charge is -2.21. The second-order valence-corrected chi connectivity index (χ2v) is 5.72. The normalized spacial score (nSPS) is 15.2. The van der Waals surface area contributed by atoms with E-state index in [-0.39, 0.29) is 0 Å². The lowest BCUT2D eigenvalue weighted by atomic mass is 10.1. The first-order chi connectivity index (χ1) is 10.3. The monoisotopic (exact) mass is 288 g/mol. The smallest absolute Gasteiger partial charge is 0.134 e. The van der Waals surface area contributed by atoms with Gasteiger partial charge in [0, 0.05) is 37.2 Å². The predicted molar refractivity (Wildman–Crippen MR) is 84.3 cm³/mol. The molecule has 1 fully saturated rings. The number of hydrogen-bond donors (Lipinski definition) is 1. The van der Waals surface area contributed by atoms with E-state index in [0.29, 0.717) is 0 Å². The van der Waals surface area contributed by atoms with Crippen molar-refractivity contribution in [1.82, 2.24) is 10.2 Å². The topological polar surface area (TPSA) is 37.6 Å². The van der Waals surface area contributed by atoms with Crippen molar-refractivity contribution in [2.45, 2.75) is 32.0 Å². The third kappa shape index (κ3) is 3.28. The average Bonchev–Trinajstić information content (AvgIpc) is 3.28. The van der Waals surface area contributed by atoms with Crippen molar-refractivity contribution in [2.75, 3.05) is 27.3 Å². The van der Waals surface area contributed by atoms with E-state index < -0.39 is 0 Å². The highest BCUT2D eigenvalue weighted by Crippen LogP contribution is 2.32. The Balaban J connectivity index is 1.87. The van der Waals surface area contributed by atoms with E-state index in [1.807, 2.05) is 13.1 Å². The number of furan rings is 1. The van der Waals surface area contributed by atoms with Crippen molar-refractivity contribution in [3.05, 3.63) is 35.6 Å². The van der Waals surface area contributed by atoms with E-state index in [0.717, 1.165) is 43.6 Å². The highest BCUT2D eigenvalue weighted by Gasteiger charge is 2.30. The first-order valence-corrected chi connectivity index (χ1v) is 7.70. The quantitative estimate of drug-likeness (QED) is 0.810. The number of hydrogen-bond acceptors (Lipinski definition) is 4. The fraction of sp³-hybridized carbons (Fsp3) is 0.529. The Hall–Kier alpha value is -1.36. The van der Waals surface area contributed by atoms with Gasteiger partial charge in [-0.05, 0) is 26.0 Å². The molecule has 0 atom stereocenters. The van der Waals surface area contributed by atoms with E-state index in [9.17, 15) is 0 Å². The summed E-state index contributed by atoms with van der Waals surface area (Å²) < 4.78 is 11.3. The molecule has 2 aromatic rings. The van der Waals surface area contributed by atoms with Crippen LogP contribution in [0.3, 0.4) is 0 Å². The molecule has 0 amide bonds. The van der Waals surface area contributed by atoms with Gasteiger partial charge in [0.15, 0.2) is 0 Å². The van der Waals surface area contributed by atoms with E-state index >= 15 is 0 Å². The molecule has 3 rings (SSSR count). The van der Waals surface area contributed by atoms with Crippen molar-refractivity contribution in [2.24, 2.45) is 0 Å². The Bertz CT molecular complexity index is 589. The van der Waals surface area contributed by atoms with Gasteiger partial charge in [0.1, 0.15) is 11.3 Å². The number of nitrogens with zero attached hydrogens (tertiary/aromatic N) is 1. The zero-order chi connectivity index (χ0) is 14.7. The van der Waals surface area contributed by atoms with Crippen LogP contribution in [0.2, 0.25) is 0 Å². The van der Waals surface area contributed by atoms with Crippen LogP contribution in [0.5, 0.6) is 0 Å². The lowest BCUT2D eigenvalue weighted by molar-refractivity contribution is 0.139. The largest absolute Gasteiger partial charge is 0.459 e. The van der Waals surface area contributed by atoms with Gasteiger partial charge in [-0.3, -0.25) is 4.90 Å². The molecule has 0 unspecified atom stereocenters. The van der Waals surface area contributed by atoms with Gasteiger partial charge in [0.25, 0.3) is 0 Å². The average molecular weight is 288 g/mol. The number of fused-ring (bicyclic) bond motifs is 1. The van der Waals surface area contributed by atoms with E-state index in [2.05, 4.69) is 28.4 Å². The number of ether oxygens (including phenoxy) is 1. The van der Waals surface area contributed by atoms with Crippen molar-refractivity contribution >= 4 is 11.0 Å². The van der Waals surface area contributed by atoms with Gasteiger partial charge in [-0.2, -0.15) is 0 Å². The van der Waals surface area contributed by atoms with Crippen LogP contribution in [0.1, 0.15) is 24.2 Å². The van der Waals surface area contributed by atoms with Gasteiger partial charge in [0.05, 0.1) is 13.2 Å². The second-order valence-electron chi connectivity index (χ2n) is 5.72. The first kappa shape index (κ1) is 14.6. The third-order valence-electron chi connectivity index (χ3n) is 4.13. The van der Waals surface area contributed by atoms with Crippen LogP contribution in [0.4, 0.5) is 0 Å². The second kappa shape index (κ2) is 6.60. The molecule has 4 heteroatoms. The Morgan fingerprint density at radius 2 is 2.14 bits per heavy atom. The van der Waals surface area contributed by atoms with Gasteiger partial charge in [0.2, 0.25) is 0 Å². The summed E-state index contributed by atoms with van der Waals surface area (Å²) in [4.78, 5) is 2.53. The summed E-state index contributed by atoms with van der Waals surface area (Å²) in [6.45, 7) is 3.49. The summed E-state index contributed by atoms with van der Waals surface area (Å²) in [5.41, 5.74) is 2.31. The van der Waals surface area contributed by atoms with Crippen LogP contribution in [-0.2, 0) is 17.8 Å². The third-order valence-corrected chi connectivity index (χ3v) is 4.13. The maximum absolute atomic E-state index is 6.02. The Kier molecular flexibility index (Phi) is 4.58. The molecule has 21 heavy (non-hydrogen) atoms. The summed E-state index contributed by atoms with van der Waals surface area (Å²) in [7, 11) is 3.73. The Labute approximate surface area is 126 Å². The number of benzene rings is 1. The first-order valence-electron chi connectivity index (χ1n) is 7.70. The zero-order valence-corrected chi connectivity index (χ0v) is 12.9. The van der Waals surface area contributed by atoms with E-state index in [1.54, 1.807) is 7.11 Å². The fourth-order valence-corrected chi connectivity index (χ4v) is 2.87. The van der Waals surface area contributed by atoms with Gasteiger partial charge < -0.3 is 14.5 Å². The molecule has 114 valence electrons. The molecule has 1 aliphatic rings. The molecule has 0 radical (unpaired) electrons. The minimum atomic E-state index is 0.719. The van der Waals surface area contributed by atoms with Crippen molar-refractivity contribution in [1.29, 1.82) is 0 Å². The van der Waals surface area contributed by atoms with Crippen LogP contribution < -0.4 is 5.32 Å². The van der Waals surface area contributed by atoms with Crippen molar-refractivity contribution in [3.63, 3.8) is 0 Å². The van der Waals surface area contributed by atoms with Crippen LogP contribution in [0, 0.1) is 0 Å². The molecule has 0 bridgehead atoms. The summed E-state index contributed by atoms with van der Waals surface area (Å²) in [5, 5.41) is 4.45. The highest BCUT2D eigenvalue weighted by atomic mass is 16.5. The zero-order valence-electron chi connectivity index (χ0n) is 12.9. The van der Waals surface area contributed by atoms with Gasteiger partial charge in [-0.1, -0.05) is 18.2 Å². The Morgan fingerprint density at radius 1 is 1.33 bits per heavy atom. The maximum Gasteiger partial charge on any atom is 0.134 e. The number of methoxy groups -OCH3 is 1. The SMILES string of the molecule is CNCc1oc2ccccc2c1CN(CCOC)C1CC1. The van der Waals surface area contributed by atoms with Crippen LogP contribution >= 0.6 is 0 Å². The molecule has 1 N–H and O–H groups in total. The lowest BCUT2D eigenvalue weighted by Crippen LogP contribution is -2.29. The molecule has 4 nitrogen and oxygen atoms in total. The predicted octanol–water partition coefficient (Wildman–Crippen LogP) is 2.76. The molecule has 0 saturated heterocycles. The van der Waals surface area contributed by atoms with E-state index in [1.165, 1.54) is 23.8 Å². The molecular formula is C17H24N2O2. The molecule has 1 saturated carbocycles. The summed E-state index contributed by atoms with van der Waals surface area (Å²) >= 11 is 0. The summed E-state index contributed by atoms with van der Waals surface area (Å²) in [6, 6.07) is 9.04. The fourth-order valence-electron chi connectivity index (χ4n) is 2.87. The number of nitrogens with one attached hydrogen (secondary N) is 1. The minimum absolute atomic E-state index is 0.719. The van der Waals surface area contributed by atoms with Crippen molar-refractivity contribution < 1.29 is 9.15 Å². The van der Waals surface area contributed by atoms with Gasteiger partial charge in [-0.15, -0.1) is 0 Å². The number of rotatable bonds is 8. The molecule has 1 aromatic carbocycles. The standard InChI is InChI=1S/C17H24N2O2/c1-18-11-17-15(14-5-3-4-6-16(14)21-17)12-19(9-10-20-2)13-7-8-13/h3-6,13,18H,7-12H2,1-2H3. The molecule has 1 aromatic heterocycles. The van der Waals surface area contributed by atoms with Crippen molar-refractivity contribution in [3.8, 4) is 0 Å². The molecule has 0 spiro atoms. The highest BCUT2D eigenvalue weighted by molar-refractivity contribution is 5.82.